The van der Waals surface area contributed by atoms with E-state index in [2.05, 4.69) is 79.0 Å². The number of rotatable bonds is 13. The molecule has 646 valence electrons. The molecular weight excluding hydrogens is 1660 g/mol. The Kier molecular flexibility index (Phi) is 23.7. The molecule has 0 unspecified atom stereocenters. The topological polar surface area (TPSA) is 152 Å². The van der Waals surface area contributed by atoms with Crippen LogP contribution < -0.4 is 0 Å². The fraction of sp³-hybridized carbons (Fsp3) is 0.308. The molecule has 0 amide bonds. The van der Waals surface area contributed by atoms with Crippen molar-refractivity contribution in [2.75, 3.05) is 0 Å². The van der Waals surface area contributed by atoms with E-state index in [1.54, 1.807) is 91.0 Å². The highest BCUT2D eigenvalue weighted by Crippen LogP contribution is 2.60. The van der Waals surface area contributed by atoms with Crippen LogP contribution in [0.15, 0.2) is 236 Å². The molecule has 0 radical (unpaired) electrons. The van der Waals surface area contributed by atoms with E-state index in [4.69, 9.17) is 23.2 Å². The number of aliphatic hydroxyl groups excluding tert-OH is 4. The van der Waals surface area contributed by atoms with E-state index in [0.717, 1.165) is 198 Å². The van der Waals surface area contributed by atoms with Gasteiger partial charge < -0.3 is 20.4 Å². The van der Waals surface area contributed by atoms with E-state index >= 15 is 0 Å². The van der Waals surface area contributed by atoms with E-state index in [1.807, 2.05) is 61.7 Å². The number of hydrogen-bond acceptors (Lipinski definition) is 9. The van der Waals surface area contributed by atoms with Crippen LogP contribution in [-0.2, 0) is 25.7 Å². The van der Waals surface area contributed by atoms with Crippen molar-refractivity contribution in [2.24, 2.45) is 45.3 Å². The van der Waals surface area contributed by atoms with Gasteiger partial charge in [-0.2, -0.15) is 20.4 Å². The molecule has 8 aromatic carbocycles. The Hall–Kier alpha value is -10.8. The van der Waals surface area contributed by atoms with E-state index in [9.17, 15) is 51.2 Å². The summed E-state index contributed by atoms with van der Waals surface area (Å²) in [6.45, 7) is 12.6. The molecule has 4 N–H and O–H groups in total. The third kappa shape index (κ3) is 16.0. The molecule has 12 nitrogen and oxygen atoms in total. The lowest BCUT2D eigenvalue weighted by Gasteiger charge is -2.48. The van der Waals surface area contributed by atoms with E-state index in [1.165, 1.54) is 113 Å². The van der Waals surface area contributed by atoms with Crippen molar-refractivity contribution in [3.8, 4) is 22.7 Å². The number of aromatic nitrogens is 8. The second-order valence-electron chi connectivity index (χ2n) is 36.1. The van der Waals surface area contributed by atoms with E-state index < -0.39 is 24.4 Å². The predicted molar refractivity (Wildman–Crippen MR) is 484 cm³/mol. The number of thiophene rings is 1. The van der Waals surface area contributed by atoms with Gasteiger partial charge in [0.05, 0.1) is 99.1 Å². The molecule has 13 aromatic rings. The summed E-state index contributed by atoms with van der Waals surface area (Å²) < 4.78 is 104. The van der Waals surface area contributed by atoms with Gasteiger partial charge in [0.15, 0.2) is 0 Å². The lowest BCUT2D eigenvalue weighted by atomic mass is 9.57. The quantitative estimate of drug-likeness (QED) is 0.0833. The minimum absolute atomic E-state index is 0.00342. The second-order valence-corrected chi connectivity index (χ2v) is 38.4. The molecule has 0 bridgehead atoms. The van der Waals surface area contributed by atoms with Crippen LogP contribution in [-0.4, -0.2) is 59.5 Å². The summed E-state index contributed by atoms with van der Waals surface area (Å²) in [5.41, 5.74) is 19.8. The molecule has 0 saturated heterocycles. The number of allylic oxidation sites excluding steroid dienone is 4. The average Bonchev–Trinajstić information content (AvgIpc) is 1.35. The summed E-state index contributed by atoms with van der Waals surface area (Å²) in [5.74, 6) is -1.86. The van der Waals surface area contributed by atoms with Crippen LogP contribution in [0.2, 0.25) is 8.67 Å². The third-order valence-electron chi connectivity index (χ3n) is 28.9. The zero-order valence-corrected chi connectivity index (χ0v) is 72.7. The van der Waals surface area contributed by atoms with Crippen LogP contribution in [0.1, 0.15) is 202 Å². The Morgan fingerprint density at radius 1 is 0.381 bits per heavy atom. The minimum Gasteiger partial charge on any atom is -0.388 e. The SMILES string of the molecule is C=Cc1cc([C@H](O)[C@H]2CCCC3=Cc4c(cnn4-c4ccc(F)cc4)C[C@@]32C)ccc1F.C[C@]12Cc3cnn(-c4ccc(F)cc4)c3C=C1CCC[C@@H]2[C@@H](O)c1cc(Cl)sc1Cl.C[C@]12Cc3cnn(-c4ccc(F)cc4)c3C=C1CCC[C@@H]2[C@@H](O)c1ccc(F)c2ccccc12.C[C@]12Cc3cnn(-c4ccc(F)cc4)c3C=C1CCC[C@@H]2[C@H](O)c1ccc(F)cc1. The molecule has 22 heteroatoms. The molecule has 126 heavy (non-hydrogen) atoms. The first-order valence-corrected chi connectivity index (χ1v) is 44.9. The lowest BCUT2D eigenvalue weighted by Crippen LogP contribution is -2.40. The van der Waals surface area contributed by atoms with Crippen LogP contribution in [0.5, 0.6) is 0 Å². The number of benzene rings is 8. The highest BCUT2D eigenvalue weighted by Gasteiger charge is 2.52. The largest absolute Gasteiger partial charge is 0.388 e. The first-order valence-electron chi connectivity index (χ1n) is 43.4. The monoisotopic (exact) mass is 1760 g/mol. The van der Waals surface area contributed by atoms with Gasteiger partial charge >= 0.3 is 0 Å². The molecule has 0 spiro atoms. The van der Waals surface area contributed by atoms with Crippen molar-refractivity contribution in [2.45, 2.75) is 155 Å². The van der Waals surface area contributed by atoms with Crippen molar-refractivity contribution in [1.29, 1.82) is 0 Å². The molecule has 0 aliphatic heterocycles. The van der Waals surface area contributed by atoms with Gasteiger partial charge in [0.1, 0.15) is 45.1 Å². The van der Waals surface area contributed by atoms with Crippen LogP contribution in [0.25, 0.3) is 63.9 Å². The second kappa shape index (κ2) is 34.7. The average molecular weight is 1760 g/mol. The fourth-order valence-electron chi connectivity index (χ4n) is 22.1. The Labute approximate surface area is 742 Å². The molecule has 8 aliphatic carbocycles. The van der Waals surface area contributed by atoms with Crippen LogP contribution in [0.4, 0.5) is 30.7 Å². The number of halogens is 9. The van der Waals surface area contributed by atoms with Gasteiger partial charge in [-0.05, 0) is 350 Å². The number of hydrogen-bond donors (Lipinski definition) is 4. The Balaban J connectivity index is 0.000000114. The van der Waals surface area contributed by atoms with Gasteiger partial charge in [0.2, 0.25) is 0 Å². The first-order chi connectivity index (χ1) is 60.7. The maximum atomic E-state index is 14.4. The van der Waals surface area contributed by atoms with Crippen LogP contribution in [0.3, 0.4) is 0 Å². The molecule has 4 fully saturated rings. The molecule has 21 rings (SSSR count). The molecule has 8 aliphatic rings. The zero-order valence-electron chi connectivity index (χ0n) is 70.3. The summed E-state index contributed by atoms with van der Waals surface area (Å²) in [6, 6.07) is 48.8. The summed E-state index contributed by atoms with van der Waals surface area (Å²) in [5, 5.41) is 65.2. The van der Waals surface area contributed by atoms with Gasteiger partial charge in [-0.1, -0.05) is 134 Å². The van der Waals surface area contributed by atoms with Gasteiger partial charge in [-0.3, -0.25) is 0 Å². The standard InChI is InChI=1S/C29H26F2N2O.C27H26F2N2O.C25H24F2N2O.C23H21Cl2FN2OS/c1-29-16-18-17-32-33(21-11-9-20(30)10-12-21)27(18)15-19(29)5-4-8-25(29)28(34)24-13-14-26(31)23-7-3-2-6-22(23)24;1-3-17-13-18(7-12-24(17)29)26(32)23-6-4-5-20-14-25-19(15-27(20,23)2)16-30-31(25)22-10-8-21(28)9-11-22;1-25-14-17-15-28-29(21-11-9-20(27)10-12-21)23(17)13-18(25)3-2-4-22(25)24(30)16-5-7-19(26)8-6-16;1-23-11-13-12-27-28(16-7-5-15(26)6-8-16)19(13)9-14(23)3-2-4-18(23)21(29)17-10-20(24)30-22(17)25/h2-3,6-7,9-15,17,25,28,34H,4-5,8,16H2,1H3;3,7-14,16,23,26,32H,1,4-6,15H2,2H3;5-13,15,22,24,30H,2-4,14H2,1H3;5-10,12,18,21,29H,2-4,11H2,1H3/t25-,28+,29+;23-,26+,27+;22-,24-,25+;18-,21+,23+/m1111/s1. The first kappa shape index (κ1) is 86.0. The maximum Gasteiger partial charge on any atom is 0.131 e. The molecular formula is C104H97Cl2F7N8O4S. The predicted octanol–water partition coefficient (Wildman–Crippen LogP) is 25.5. The lowest BCUT2D eigenvalue weighted by molar-refractivity contribution is 0.0214. The summed E-state index contributed by atoms with van der Waals surface area (Å²) in [4.78, 5) is 0. The van der Waals surface area contributed by atoms with Crippen LogP contribution >= 0.6 is 34.5 Å². The molecule has 4 saturated carbocycles. The van der Waals surface area contributed by atoms with Crippen molar-refractivity contribution >= 4 is 75.7 Å². The summed E-state index contributed by atoms with van der Waals surface area (Å²) in [6.07, 6.45) is 29.9. The molecule has 5 aromatic heterocycles. The van der Waals surface area contributed by atoms with E-state index in [0.29, 0.717) is 19.6 Å². The highest BCUT2D eigenvalue weighted by molar-refractivity contribution is 7.20. The molecule has 5 heterocycles. The van der Waals surface area contributed by atoms with Crippen LogP contribution in [0, 0.1) is 86.1 Å². The van der Waals surface area contributed by atoms with Gasteiger partial charge in [0, 0.05) is 16.5 Å². The number of fused-ring (bicyclic) bond motifs is 9. The van der Waals surface area contributed by atoms with Crippen molar-refractivity contribution in [3.63, 3.8) is 0 Å². The third-order valence-corrected chi connectivity index (χ3v) is 30.4. The Morgan fingerprint density at radius 2 is 0.690 bits per heavy atom. The normalized spacial score (nSPS) is 23.5. The van der Waals surface area contributed by atoms with Gasteiger partial charge in [-0.25, -0.2) is 49.5 Å². The summed E-state index contributed by atoms with van der Waals surface area (Å²) in [7, 11) is 0. The fourth-order valence-corrected chi connectivity index (χ4v) is 23.6. The summed E-state index contributed by atoms with van der Waals surface area (Å²) >= 11 is 13.8. The smallest absolute Gasteiger partial charge is 0.131 e. The van der Waals surface area contributed by atoms with Gasteiger partial charge in [-0.15, -0.1) is 11.3 Å². The van der Waals surface area contributed by atoms with E-state index in [-0.39, 0.29) is 86.1 Å². The molecule has 12 atom stereocenters. The zero-order chi connectivity index (χ0) is 87.8. The Morgan fingerprint density at radius 3 is 1.03 bits per heavy atom. The van der Waals surface area contributed by atoms with Crippen molar-refractivity contribution < 1.29 is 51.2 Å². The van der Waals surface area contributed by atoms with Crippen molar-refractivity contribution in [3.05, 3.63) is 358 Å². The van der Waals surface area contributed by atoms with Crippen molar-refractivity contribution in [1.82, 2.24) is 39.1 Å². The van der Waals surface area contributed by atoms with Gasteiger partial charge in [0.25, 0.3) is 0 Å². The Bertz CT molecular complexity index is 6410. The number of aliphatic hydroxyl groups is 4. The minimum atomic E-state index is -0.701. The highest BCUT2D eigenvalue weighted by atomic mass is 35.5. The number of nitrogens with zero attached hydrogens (tertiary/aromatic N) is 8. The maximum absolute atomic E-state index is 14.4.